The standard InChI is InChI=1S/C35H35F3NO/c1-19(2)14-22-9-11-25-21(4)33-30(20(3)27(25)15-22)32-31-26(12-13-39(32)7)28-16-23(18-34(5,6)35(36,37)38)8-10-24(28)17-29(31)40-33/h8-13,15-17,19H,14,18H2,1-7H3/q+1. The molecule has 0 spiro atoms. The van der Waals surface area contributed by atoms with Crippen LogP contribution in [0, 0.1) is 25.2 Å². The summed E-state index contributed by atoms with van der Waals surface area (Å²) < 4.78 is 49.9. The van der Waals surface area contributed by atoms with E-state index in [-0.39, 0.29) is 6.42 Å². The summed E-state index contributed by atoms with van der Waals surface area (Å²) in [4.78, 5) is 0. The molecular formula is C35H35F3NO+. The van der Waals surface area contributed by atoms with Crippen molar-refractivity contribution in [3.05, 3.63) is 77.0 Å². The number of alkyl halides is 3. The Bertz CT molecular complexity index is 1850. The van der Waals surface area contributed by atoms with Crippen molar-refractivity contribution in [1.29, 1.82) is 0 Å². The third-order valence-electron chi connectivity index (χ3n) is 8.61. The summed E-state index contributed by atoms with van der Waals surface area (Å²) in [5.41, 5.74) is 4.63. The van der Waals surface area contributed by atoms with Crippen LogP contribution in [0.4, 0.5) is 13.2 Å². The molecule has 0 fully saturated rings. The number of ether oxygens (including phenoxy) is 1. The first-order chi connectivity index (χ1) is 18.8. The molecule has 0 N–H and O–H groups in total. The van der Waals surface area contributed by atoms with Gasteiger partial charge in [0.25, 0.3) is 0 Å². The fraction of sp³-hybridized carbons (Fsp3) is 0.343. The van der Waals surface area contributed by atoms with E-state index in [4.69, 9.17) is 4.74 Å². The zero-order chi connectivity index (χ0) is 28.7. The largest absolute Gasteiger partial charge is 0.455 e. The minimum Gasteiger partial charge on any atom is -0.455 e. The Morgan fingerprint density at radius 2 is 1.52 bits per heavy atom. The van der Waals surface area contributed by atoms with Crippen LogP contribution < -0.4 is 9.30 Å². The lowest BCUT2D eigenvalue weighted by atomic mass is 9.84. The van der Waals surface area contributed by atoms with E-state index in [9.17, 15) is 13.2 Å². The van der Waals surface area contributed by atoms with Crippen molar-refractivity contribution in [2.24, 2.45) is 18.4 Å². The van der Waals surface area contributed by atoms with Crippen molar-refractivity contribution in [3.63, 3.8) is 0 Å². The Morgan fingerprint density at radius 3 is 2.23 bits per heavy atom. The number of aromatic nitrogens is 1. The summed E-state index contributed by atoms with van der Waals surface area (Å²) in [6, 6.07) is 16.5. The SMILES string of the molecule is Cc1c2c(c(C)c3cc(CC(C)C)ccc13)-c1c3c(cc4ccc(CC(C)(C)C(F)(F)F)cc4c3cc[n+]1C)O2. The van der Waals surface area contributed by atoms with Crippen LogP contribution in [-0.4, -0.2) is 6.18 Å². The normalized spacial score (nSPS) is 13.4. The second-order valence-electron chi connectivity index (χ2n) is 12.6. The molecule has 0 saturated heterocycles. The highest BCUT2D eigenvalue weighted by Crippen LogP contribution is 2.52. The van der Waals surface area contributed by atoms with E-state index in [1.807, 2.05) is 31.3 Å². The van der Waals surface area contributed by atoms with E-state index in [0.29, 0.717) is 11.5 Å². The zero-order valence-electron chi connectivity index (χ0n) is 24.2. The molecule has 0 atom stereocenters. The average molecular weight is 543 g/mol. The molecule has 0 bridgehead atoms. The smallest absolute Gasteiger partial charge is 0.394 e. The van der Waals surface area contributed by atoms with E-state index in [1.54, 1.807) is 0 Å². The number of halogens is 3. The maximum atomic E-state index is 13.7. The summed E-state index contributed by atoms with van der Waals surface area (Å²) in [5.74, 6) is 2.22. The second-order valence-corrected chi connectivity index (χ2v) is 12.6. The third kappa shape index (κ3) is 4.05. The summed E-state index contributed by atoms with van der Waals surface area (Å²) in [5, 5.41) is 6.31. The highest BCUT2D eigenvalue weighted by Gasteiger charge is 2.47. The molecule has 5 heteroatoms. The van der Waals surface area contributed by atoms with Gasteiger partial charge in [-0.1, -0.05) is 64.1 Å². The fourth-order valence-electron chi connectivity index (χ4n) is 6.36. The predicted molar refractivity (Wildman–Crippen MR) is 157 cm³/mol. The van der Waals surface area contributed by atoms with Gasteiger partial charge < -0.3 is 4.74 Å². The van der Waals surface area contributed by atoms with Gasteiger partial charge in [-0.2, -0.15) is 13.2 Å². The van der Waals surface area contributed by atoms with E-state index in [0.717, 1.165) is 56.3 Å². The molecule has 1 aliphatic heterocycles. The summed E-state index contributed by atoms with van der Waals surface area (Å²) in [7, 11) is 2.05. The van der Waals surface area contributed by atoms with Crippen LogP contribution in [0.2, 0.25) is 0 Å². The van der Waals surface area contributed by atoms with Crippen molar-refractivity contribution in [3.8, 4) is 22.8 Å². The van der Waals surface area contributed by atoms with Gasteiger partial charge >= 0.3 is 6.18 Å². The van der Waals surface area contributed by atoms with Crippen LogP contribution in [0.25, 0.3) is 43.6 Å². The molecule has 40 heavy (non-hydrogen) atoms. The van der Waals surface area contributed by atoms with E-state index in [1.165, 1.54) is 35.7 Å². The first-order valence-electron chi connectivity index (χ1n) is 14.0. The van der Waals surface area contributed by atoms with E-state index in [2.05, 4.69) is 62.7 Å². The number of hydrogen-bond acceptors (Lipinski definition) is 1. The fourth-order valence-corrected chi connectivity index (χ4v) is 6.36. The first-order valence-corrected chi connectivity index (χ1v) is 14.0. The van der Waals surface area contributed by atoms with Gasteiger partial charge in [0, 0.05) is 17.0 Å². The lowest BCUT2D eigenvalue weighted by Gasteiger charge is -2.28. The van der Waals surface area contributed by atoms with Gasteiger partial charge in [-0.05, 0) is 76.9 Å². The van der Waals surface area contributed by atoms with Gasteiger partial charge in [-0.25, -0.2) is 4.57 Å². The highest BCUT2D eigenvalue weighted by atomic mass is 19.4. The Balaban J connectivity index is 1.62. The van der Waals surface area contributed by atoms with E-state index < -0.39 is 11.6 Å². The lowest BCUT2D eigenvalue weighted by molar-refractivity contribution is -0.659. The van der Waals surface area contributed by atoms with Crippen molar-refractivity contribution in [2.45, 2.75) is 60.6 Å². The molecule has 0 amide bonds. The number of pyridine rings is 1. The minimum absolute atomic E-state index is 0.0779. The first kappa shape index (κ1) is 26.6. The average Bonchev–Trinajstić information content (AvgIpc) is 2.87. The molecule has 0 aliphatic carbocycles. The van der Waals surface area contributed by atoms with Crippen LogP contribution in [-0.2, 0) is 19.9 Å². The van der Waals surface area contributed by atoms with Crippen LogP contribution in [0.15, 0.2) is 54.7 Å². The van der Waals surface area contributed by atoms with Crippen LogP contribution in [0.1, 0.15) is 49.9 Å². The van der Waals surface area contributed by atoms with Crippen molar-refractivity contribution in [1.82, 2.24) is 0 Å². The molecule has 4 aromatic carbocycles. The monoisotopic (exact) mass is 542 g/mol. The van der Waals surface area contributed by atoms with E-state index >= 15 is 0 Å². The van der Waals surface area contributed by atoms with Gasteiger partial charge in [-0.3, -0.25) is 0 Å². The Morgan fingerprint density at radius 1 is 0.825 bits per heavy atom. The predicted octanol–water partition coefficient (Wildman–Crippen LogP) is 9.69. The van der Waals surface area contributed by atoms with Crippen LogP contribution in [0.3, 0.4) is 0 Å². The summed E-state index contributed by atoms with van der Waals surface area (Å²) in [6.45, 7) is 11.3. The van der Waals surface area contributed by atoms with Crippen LogP contribution in [0.5, 0.6) is 11.5 Å². The third-order valence-corrected chi connectivity index (χ3v) is 8.61. The molecule has 0 unspecified atom stereocenters. The van der Waals surface area contributed by atoms with Crippen molar-refractivity contribution >= 4 is 32.3 Å². The molecule has 0 radical (unpaired) electrons. The van der Waals surface area contributed by atoms with Gasteiger partial charge in [0.05, 0.1) is 16.4 Å². The molecule has 2 nitrogen and oxygen atoms in total. The highest BCUT2D eigenvalue weighted by molar-refractivity contribution is 6.16. The molecule has 1 aliphatic rings. The van der Waals surface area contributed by atoms with Crippen molar-refractivity contribution < 1.29 is 22.5 Å². The number of rotatable bonds is 4. The minimum atomic E-state index is -4.28. The summed E-state index contributed by atoms with van der Waals surface area (Å²) >= 11 is 0. The topological polar surface area (TPSA) is 13.1 Å². The Labute approximate surface area is 233 Å². The van der Waals surface area contributed by atoms with Gasteiger partial charge in [0.2, 0.25) is 5.69 Å². The maximum absolute atomic E-state index is 13.7. The molecule has 2 heterocycles. The number of nitrogens with zero attached hydrogens (tertiary/aromatic N) is 1. The van der Waals surface area contributed by atoms with Gasteiger partial charge in [0.1, 0.15) is 18.5 Å². The van der Waals surface area contributed by atoms with Crippen molar-refractivity contribution in [2.75, 3.05) is 0 Å². The molecular weight excluding hydrogens is 507 g/mol. The van der Waals surface area contributed by atoms with Crippen LogP contribution >= 0.6 is 0 Å². The molecule has 0 saturated carbocycles. The van der Waals surface area contributed by atoms with Gasteiger partial charge in [-0.15, -0.1) is 0 Å². The summed E-state index contributed by atoms with van der Waals surface area (Å²) in [6.07, 6.45) is -1.28. The maximum Gasteiger partial charge on any atom is 0.394 e. The Hall–Kier alpha value is -3.60. The number of aryl methyl sites for hydroxylation is 3. The molecule has 6 rings (SSSR count). The van der Waals surface area contributed by atoms with Gasteiger partial charge in [0.15, 0.2) is 6.20 Å². The number of hydrogen-bond donors (Lipinski definition) is 0. The lowest BCUT2D eigenvalue weighted by Crippen LogP contribution is -2.34. The molecule has 1 aromatic heterocycles. The Kier molecular flexibility index (Phi) is 5.96. The quantitative estimate of drug-likeness (QED) is 0.160. The molecule has 5 aromatic rings. The number of fused-ring (bicyclic) bond motifs is 5. The second kappa shape index (κ2) is 8.95. The molecule has 206 valence electrons. The zero-order valence-corrected chi connectivity index (χ0v) is 24.2. The number of benzene rings is 4.